The molecular formula is C15H16N4O2. The van der Waals surface area contributed by atoms with E-state index in [0.717, 1.165) is 35.9 Å². The molecule has 6 nitrogen and oxygen atoms in total. The lowest BCUT2D eigenvalue weighted by Crippen LogP contribution is -2.32. The Kier molecular flexibility index (Phi) is 3.51. The maximum Gasteiger partial charge on any atom is 0.356 e. The van der Waals surface area contributed by atoms with Crippen LogP contribution >= 0.6 is 0 Å². The van der Waals surface area contributed by atoms with Crippen molar-refractivity contribution in [3.63, 3.8) is 0 Å². The average Bonchev–Trinajstić information content (AvgIpc) is 2.53. The molecule has 0 atom stereocenters. The molecule has 0 saturated carbocycles. The zero-order valence-corrected chi connectivity index (χ0v) is 12.0. The molecule has 0 aromatic carbocycles. The highest BCUT2D eigenvalue weighted by Gasteiger charge is 2.20. The minimum atomic E-state index is -0.423. The molecule has 0 aliphatic carbocycles. The number of fused-ring (bicyclic) bond motifs is 1. The number of carbonyl (C=O) groups excluding carboxylic acids is 1. The van der Waals surface area contributed by atoms with Crippen molar-refractivity contribution in [2.45, 2.75) is 19.9 Å². The maximum atomic E-state index is 11.6. The summed E-state index contributed by atoms with van der Waals surface area (Å²) in [6, 6.07) is 5.36. The van der Waals surface area contributed by atoms with Gasteiger partial charge in [-0.15, -0.1) is 0 Å². The number of aromatic nitrogens is 3. The first-order valence-corrected chi connectivity index (χ1v) is 6.79. The van der Waals surface area contributed by atoms with Gasteiger partial charge in [-0.3, -0.25) is 0 Å². The SMILES string of the molecule is COC(=O)c1cccc(N2CCc3nc(C)ncc3C2)n1. The second-order valence-electron chi connectivity index (χ2n) is 4.93. The molecule has 0 fully saturated rings. The van der Waals surface area contributed by atoms with E-state index in [4.69, 9.17) is 4.74 Å². The Hall–Kier alpha value is -2.50. The van der Waals surface area contributed by atoms with E-state index in [-0.39, 0.29) is 0 Å². The Balaban J connectivity index is 1.86. The topological polar surface area (TPSA) is 68.2 Å². The third-order valence-electron chi connectivity index (χ3n) is 3.51. The van der Waals surface area contributed by atoms with Gasteiger partial charge in [0.1, 0.15) is 11.6 Å². The fraction of sp³-hybridized carbons (Fsp3) is 0.333. The number of carbonyl (C=O) groups is 1. The molecule has 2 aromatic heterocycles. The third kappa shape index (κ3) is 2.69. The summed E-state index contributed by atoms with van der Waals surface area (Å²) in [6.07, 6.45) is 2.72. The second kappa shape index (κ2) is 5.47. The summed E-state index contributed by atoms with van der Waals surface area (Å²) in [4.78, 5) is 26.8. The second-order valence-corrected chi connectivity index (χ2v) is 4.93. The number of aryl methyl sites for hydroxylation is 1. The van der Waals surface area contributed by atoms with Crippen molar-refractivity contribution in [1.29, 1.82) is 0 Å². The van der Waals surface area contributed by atoms with Crippen LogP contribution in [0.5, 0.6) is 0 Å². The van der Waals surface area contributed by atoms with Gasteiger partial charge in [-0.05, 0) is 19.1 Å². The molecular weight excluding hydrogens is 268 g/mol. The van der Waals surface area contributed by atoms with Crippen LogP contribution in [0.2, 0.25) is 0 Å². The first-order chi connectivity index (χ1) is 10.2. The van der Waals surface area contributed by atoms with Gasteiger partial charge in [-0.1, -0.05) is 6.07 Å². The number of methoxy groups -OCH3 is 1. The van der Waals surface area contributed by atoms with Crippen LogP contribution in [0, 0.1) is 6.92 Å². The number of hydrogen-bond acceptors (Lipinski definition) is 6. The summed E-state index contributed by atoms with van der Waals surface area (Å²) in [5.41, 5.74) is 2.53. The lowest BCUT2D eigenvalue weighted by atomic mass is 10.1. The fourth-order valence-corrected chi connectivity index (χ4v) is 2.43. The quantitative estimate of drug-likeness (QED) is 0.779. The van der Waals surface area contributed by atoms with E-state index in [2.05, 4.69) is 19.9 Å². The number of pyridine rings is 1. The van der Waals surface area contributed by atoms with Crippen LogP contribution in [0.25, 0.3) is 0 Å². The molecule has 3 rings (SSSR count). The summed E-state index contributed by atoms with van der Waals surface area (Å²) in [6.45, 7) is 3.42. The number of nitrogens with zero attached hydrogens (tertiary/aromatic N) is 4. The van der Waals surface area contributed by atoms with Crippen molar-refractivity contribution in [2.75, 3.05) is 18.6 Å². The van der Waals surface area contributed by atoms with Gasteiger partial charge in [0.25, 0.3) is 0 Å². The number of ether oxygens (including phenoxy) is 1. The standard InChI is InChI=1S/C15H16N4O2/c1-10-16-8-11-9-19(7-6-12(11)17-10)14-5-3-4-13(18-14)15(20)21-2/h3-5,8H,6-7,9H2,1-2H3. The van der Waals surface area contributed by atoms with Gasteiger partial charge in [0.05, 0.1) is 12.8 Å². The van der Waals surface area contributed by atoms with Crippen molar-refractivity contribution >= 4 is 11.8 Å². The smallest absolute Gasteiger partial charge is 0.356 e. The minimum absolute atomic E-state index is 0.320. The molecule has 6 heteroatoms. The van der Waals surface area contributed by atoms with E-state index >= 15 is 0 Å². The Labute approximate surface area is 122 Å². The predicted molar refractivity (Wildman–Crippen MR) is 77.1 cm³/mol. The highest BCUT2D eigenvalue weighted by Crippen LogP contribution is 2.21. The number of rotatable bonds is 2. The molecule has 0 amide bonds. The molecule has 0 N–H and O–H groups in total. The van der Waals surface area contributed by atoms with E-state index in [1.165, 1.54) is 7.11 Å². The van der Waals surface area contributed by atoms with Gasteiger partial charge in [-0.25, -0.2) is 19.7 Å². The molecule has 1 aliphatic rings. The van der Waals surface area contributed by atoms with Gasteiger partial charge >= 0.3 is 5.97 Å². The van der Waals surface area contributed by atoms with Gasteiger partial charge in [-0.2, -0.15) is 0 Å². The molecule has 108 valence electrons. The fourth-order valence-electron chi connectivity index (χ4n) is 2.43. The van der Waals surface area contributed by atoms with Crippen LogP contribution in [0.3, 0.4) is 0 Å². The summed E-state index contributed by atoms with van der Waals surface area (Å²) < 4.78 is 4.71. The number of hydrogen-bond donors (Lipinski definition) is 0. The Morgan fingerprint density at radius 1 is 1.33 bits per heavy atom. The van der Waals surface area contributed by atoms with Crippen molar-refractivity contribution in [2.24, 2.45) is 0 Å². The van der Waals surface area contributed by atoms with Gasteiger partial charge in [0.2, 0.25) is 0 Å². The number of anilines is 1. The molecule has 0 radical (unpaired) electrons. The predicted octanol–water partition coefficient (Wildman–Crippen LogP) is 1.53. The molecule has 2 aromatic rings. The monoisotopic (exact) mass is 284 g/mol. The molecule has 0 spiro atoms. The molecule has 1 aliphatic heterocycles. The van der Waals surface area contributed by atoms with E-state index in [9.17, 15) is 4.79 Å². The van der Waals surface area contributed by atoms with Crippen molar-refractivity contribution in [3.8, 4) is 0 Å². The van der Waals surface area contributed by atoms with Crippen LogP contribution < -0.4 is 4.90 Å². The van der Waals surface area contributed by atoms with Gasteiger partial charge in [0.15, 0.2) is 5.69 Å². The highest BCUT2D eigenvalue weighted by atomic mass is 16.5. The third-order valence-corrected chi connectivity index (χ3v) is 3.51. The normalized spacial score (nSPS) is 13.7. The number of esters is 1. The Bertz CT molecular complexity index is 687. The molecule has 0 bridgehead atoms. The lowest BCUT2D eigenvalue weighted by molar-refractivity contribution is 0.0594. The van der Waals surface area contributed by atoms with Crippen LogP contribution in [0.4, 0.5) is 5.82 Å². The van der Waals surface area contributed by atoms with Crippen molar-refractivity contribution < 1.29 is 9.53 Å². The lowest BCUT2D eigenvalue weighted by Gasteiger charge is -2.29. The zero-order chi connectivity index (χ0) is 14.8. The van der Waals surface area contributed by atoms with E-state index < -0.39 is 5.97 Å². The van der Waals surface area contributed by atoms with Crippen molar-refractivity contribution in [1.82, 2.24) is 15.0 Å². The first-order valence-electron chi connectivity index (χ1n) is 6.79. The maximum absolute atomic E-state index is 11.6. The Morgan fingerprint density at radius 3 is 3.00 bits per heavy atom. The van der Waals surface area contributed by atoms with Gasteiger partial charge < -0.3 is 9.64 Å². The summed E-state index contributed by atoms with van der Waals surface area (Å²) in [7, 11) is 1.35. The summed E-state index contributed by atoms with van der Waals surface area (Å²) in [5.74, 6) is 1.14. The van der Waals surface area contributed by atoms with E-state index in [1.54, 1.807) is 6.07 Å². The molecule has 0 unspecified atom stereocenters. The van der Waals surface area contributed by atoms with Crippen LogP contribution in [-0.4, -0.2) is 34.6 Å². The summed E-state index contributed by atoms with van der Waals surface area (Å²) in [5, 5.41) is 0. The van der Waals surface area contributed by atoms with Crippen LogP contribution in [0.1, 0.15) is 27.6 Å². The minimum Gasteiger partial charge on any atom is -0.464 e. The van der Waals surface area contributed by atoms with Crippen LogP contribution in [0.15, 0.2) is 24.4 Å². The molecule has 0 saturated heterocycles. The highest BCUT2D eigenvalue weighted by molar-refractivity contribution is 5.87. The van der Waals surface area contributed by atoms with Crippen molar-refractivity contribution in [3.05, 3.63) is 47.2 Å². The van der Waals surface area contributed by atoms with Crippen LogP contribution in [-0.2, 0) is 17.7 Å². The Morgan fingerprint density at radius 2 is 2.19 bits per heavy atom. The van der Waals surface area contributed by atoms with E-state index in [0.29, 0.717) is 12.2 Å². The molecule has 21 heavy (non-hydrogen) atoms. The summed E-state index contributed by atoms with van der Waals surface area (Å²) >= 11 is 0. The zero-order valence-electron chi connectivity index (χ0n) is 12.0. The van der Waals surface area contributed by atoms with Gasteiger partial charge in [0, 0.05) is 31.3 Å². The molecule has 3 heterocycles. The van der Waals surface area contributed by atoms with E-state index in [1.807, 2.05) is 25.3 Å². The average molecular weight is 284 g/mol. The largest absolute Gasteiger partial charge is 0.464 e. The first kappa shape index (κ1) is 13.5.